The zero-order valence-corrected chi connectivity index (χ0v) is 20.2. The van der Waals surface area contributed by atoms with Gasteiger partial charge in [-0.1, -0.05) is 19.9 Å². The molecule has 0 radical (unpaired) electrons. The van der Waals surface area contributed by atoms with Gasteiger partial charge in [-0.25, -0.2) is 4.79 Å². The van der Waals surface area contributed by atoms with E-state index in [9.17, 15) is 9.90 Å². The van der Waals surface area contributed by atoms with Gasteiger partial charge < -0.3 is 22.8 Å². The van der Waals surface area contributed by atoms with E-state index in [1.54, 1.807) is 7.11 Å². The van der Waals surface area contributed by atoms with Crippen LogP contribution in [-0.2, 0) is 22.5 Å². The Morgan fingerprint density at radius 1 is 1.20 bits per heavy atom. The number of hydrogen-bond donors (Lipinski definition) is 1. The summed E-state index contributed by atoms with van der Waals surface area (Å²) in [4.78, 5) is 11.8. The minimum atomic E-state index is -2.47. The maximum atomic E-state index is 11.8. The predicted molar refractivity (Wildman–Crippen MR) is 108 cm³/mol. The van der Waals surface area contributed by atoms with E-state index >= 15 is 0 Å². The summed E-state index contributed by atoms with van der Waals surface area (Å²) in [5.74, 6) is -0.592. The standard InChI is InChI=1S/C16H36O6Si3/c1-10-12-16(19-3,14(13-17)20-15(18)11-2)23(21-24(4,5)6)22-25(7,8)9/h11,14,17,23H,2,10,12-13H2,1,3-9H3. The summed E-state index contributed by atoms with van der Waals surface area (Å²) < 4.78 is 24.3. The van der Waals surface area contributed by atoms with E-state index in [0.717, 1.165) is 12.5 Å². The second kappa shape index (κ2) is 10.1. The van der Waals surface area contributed by atoms with E-state index in [4.69, 9.17) is 17.7 Å². The van der Waals surface area contributed by atoms with Gasteiger partial charge in [0.15, 0.2) is 22.7 Å². The summed E-state index contributed by atoms with van der Waals surface area (Å²) in [5.41, 5.74) is 0. The molecule has 0 fully saturated rings. The molecule has 0 saturated carbocycles. The molecular weight excluding hydrogens is 372 g/mol. The highest BCUT2D eigenvalue weighted by Crippen LogP contribution is 2.32. The van der Waals surface area contributed by atoms with Gasteiger partial charge in [0, 0.05) is 13.2 Å². The first-order valence-corrected chi connectivity index (χ1v) is 17.0. The second-order valence-corrected chi connectivity index (χ2v) is 20.0. The third-order valence-electron chi connectivity index (χ3n) is 3.48. The van der Waals surface area contributed by atoms with Gasteiger partial charge in [-0.05, 0) is 45.7 Å². The molecule has 0 aromatic rings. The molecule has 0 spiro atoms. The van der Waals surface area contributed by atoms with E-state index in [1.807, 2.05) is 6.92 Å². The third-order valence-corrected chi connectivity index (χ3v) is 12.5. The molecule has 0 bridgehead atoms. The summed E-state index contributed by atoms with van der Waals surface area (Å²) in [7, 11) is -4.79. The monoisotopic (exact) mass is 408 g/mol. The van der Waals surface area contributed by atoms with Gasteiger partial charge in [-0.15, -0.1) is 0 Å². The minimum Gasteiger partial charge on any atom is -0.454 e. The Morgan fingerprint density at radius 2 is 1.68 bits per heavy atom. The number of aliphatic hydroxyl groups excluding tert-OH is 1. The molecule has 0 saturated heterocycles. The molecule has 0 amide bonds. The Kier molecular flexibility index (Phi) is 10.0. The predicted octanol–water partition coefficient (Wildman–Crippen LogP) is 2.72. The van der Waals surface area contributed by atoms with E-state index in [2.05, 4.69) is 45.9 Å². The minimum absolute atomic E-state index is 0.360. The summed E-state index contributed by atoms with van der Waals surface area (Å²) in [6, 6.07) is 0. The van der Waals surface area contributed by atoms with Gasteiger partial charge in [0.2, 0.25) is 0 Å². The topological polar surface area (TPSA) is 74.2 Å². The maximum Gasteiger partial charge on any atom is 0.338 e. The lowest BCUT2D eigenvalue weighted by atomic mass is 10.1. The fourth-order valence-electron chi connectivity index (χ4n) is 2.50. The van der Waals surface area contributed by atoms with Crippen LogP contribution in [0.1, 0.15) is 19.8 Å². The third kappa shape index (κ3) is 8.29. The average Bonchev–Trinajstić information content (AvgIpc) is 2.46. The quantitative estimate of drug-likeness (QED) is 0.304. The molecule has 0 aliphatic heterocycles. The van der Waals surface area contributed by atoms with Crippen molar-refractivity contribution in [1.82, 2.24) is 0 Å². The highest BCUT2D eigenvalue weighted by atomic mass is 28.4. The van der Waals surface area contributed by atoms with E-state index in [-0.39, 0.29) is 6.61 Å². The number of rotatable bonds is 12. The summed E-state index contributed by atoms with van der Waals surface area (Å²) in [6.07, 6.45) is 1.59. The summed E-state index contributed by atoms with van der Waals surface area (Å²) in [6.45, 7) is 17.7. The fourth-order valence-corrected chi connectivity index (χ4v) is 11.0. The Labute approximate surface area is 156 Å². The Bertz CT molecular complexity index is 417. The van der Waals surface area contributed by atoms with Crippen LogP contribution >= 0.6 is 0 Å². The van der Waals surface area contributed by atoms with Gasteiger partial charge in [-0.3, -0.25) is 0 Å². The first-order valence-electron chi connectivity index (χ1n) is 8.70. The van der Waals surface area contributed by atoms with Crippen molar-refractivity contribution >= 4 is 31.9 Å². The van der Waals surface area contributed by atoms with Gasteiger partial charge in [-0.2, -0.15) is 0 Å². The van der Waals surface area contributed by atoms with Crippen LogP contribution in [-0.4, -0.2) is 62.0 Å². The van der Waals surface area contributed by atoms with Crippen molar-refractivity contribution in [3.8, 4) is 0 Å². The first-order chi connectivity index (χ1) is 11.3. The van der Waals surface area contributed by atoms with Gasteiger partial charge in [0.25, 0.3) is 0 Å². The summed E-state index contributed by atoms with van der Waals surface area (Å²) >= 11 is 0. The molecule has 0 aliphatic rings. The largest absolute Gasteiger partial charge is 0.454 e. The van der Waals surface area contributed by atoms with Crippen LogP contribution in [0.15, 0.2) is 12.7 Å². The van der Waals surface area contributed by atoms with Gasteiger partial charge in [0.1, 0.15) is 5.22 Å². The van der Waals surface area contributed by atoms with Crippen molar-refractivity contribution in [3.63, 3.8) is 0 Å². The number of hydrogen-bond acceptors (Lipinski definition) is 6. The zero-order valence-electron chi connectivity index (χ0n) is 17.0. The van der Waals surface area contributed by atoms with Crippen molar-refractivity contribution in [2.75, 3.05) is 13.7 Å². The van der Waals surface area contributed by atoms with E-state index < -0.39 is 43.2 Å². The molecule has 9 heteroatoms. The molecule has 0 aromatic carbocycles. The van der Waals surface area contributed by atoms with Crippen LogP contribution in [0.25, 0.3) is 0 Å². The number of esters is 1. The molecule has 2 atom stereocenters. The lowest BCUT2D eigenvalue weighted by Gasteiger charge is -2.45. The smallest absolute Gasteiger partial charge is 0.338 e. The van der Waals surface area contributed by atoms with Crippen LogP contribution in [0.5, 0.6) is 0 Å². The molecule has 0 rings (SSSR count). The van der Waals surface area contributed by atoms with Gasteiger partial charge in [0.05, 0.1) is 6.61 Å². The van der Waals surface area contributed by atoms with Crippen LogP contribution in [0.4, 0.5) is 0 Å². The Balaban J connectivity index is 6.05. The van der Waals surface area contributed by atoms with Crippen LogP contribution in [0.2, 0.25) is 39.3 Å². The van der Waals surface area contributed by atoms with Gasteiger partial charge >= 0.3 is 15.3 Å². The van der Waals surface area contributed by atoms with E-state index in [1.165, 1.54) is 0 Å². The summed E-state index contributed by atoms with van der Waals surface area (Å²) in [5, 5.41) is 9.00. The fraction of sp³-hybridized carbons (Fsp3) is 0.812. The van der Waals surface area contributed by atoms with Crippen LogP contribution in [0.3, 0.4) is 0 Å². The number of aliphatic hydroxyl groups is 1. The first kappa shape index (κ1) is 24.7. The Morgan fingerprint density at radius 3 is 1.96 bits per heavy atom. The van der Waals surface area contributed by atoms with Crippen LogP contribution < -0.4 is 0 Å². The molecule has 0 aromatic heterocycles. The maximum absolute atomic E-state index is 11.8. The van der Waals surface area contributed by atoms with Crippen molar-refractivity contribution in [3.05, 3.63) is 12.7 Å². The molecule has 1 N–H and O–H groups in total. The van der Waals surface area contributed by atoms with Crippen molar-refractivity contribution in [1.29, 1.82) is 0 Å². The second-order valence-electron chi connectivity index (χ2n) is 8.01. The highest BCUT2D eigenvalue weighted by Gasteiger charge is 2.53. The normalized spacial score (nSPS) is 16.4. The molecule has 6 nitrogen and oxygen atoms in total. The molecule has 0 aliphatic carbocycles. The number of ether oxygens (including phenoxy) is 2. The van der Waals surface area contributed by atoms with Crippen LogP contribution in [0, 0.1) is 0 Å². The average molecular weight is 409 g/mol. The van der Waals surface area contributed by atoms with E-state index in [0.29, 0.717) is 6.42 Å². The lowest BCUT2D eigenvalue weighted by molar-refractivity contribution is -0.161. The highest BCUT2D eigenvalue weighted by molar-refractivity contribution is 6.81. The van der Waals surface area contributed by atoms with Crippen molar-refractivity contribution in [2.24, 2.45) is 0 Å². The SMILES string of the molecule is C=CC(=O)OC(CO)C(CCC)(OC)[SiH](O[Si](C)(C)C)O[Si](C)(C)C. The van der Waals surface area contributed by atoms with Crippen molar-refractivity contribution < 1.29 is 27.6 Å². The van der Waals surface area contributed by atoms with Crippen molar-refractivity contribution in [2.45, 2.75) is 70.4 Å². The zero-order chi connectivity index (χ0) is 19.9. The molecule has 148 valence electrons. The number of carbonyl (C=O) groups excluding carboxylic acids is 1. The molecular formula is C16H36O6Si3. The number of carbonyl (C=O) groups is 1. The molecule has 0 heterocycles. The molecule has 25 heavy (non-hydrogen) atoms. The molecule has 2 unspecified atom stereocenters. The Hall–Kier alpha value is -0.299. The lowest BCUT2D eigenvalue weighted by Crippen LogP contribution is -2.65. The number of methoxy groups -OCH3 is 1.